The van der Waals surface area contributed by atoms with Crippen molar-refractivity contribution < 1.29 is 19.1 Å². The lowest BCUT2D eigenvalue weighted by Gasteiger charge is -2.12. The number of carbonyl (C=O) groups is 3. The Balaban J connectivity index is 1.25. The van der Waals surface area contributed by atoms with Crippen LogP contribution in [0.4, 0.5) is 5.69 Å². The molecule has 9 heteroatoms. The highest BCUT2D eigenvalue weighted by Crippen LogP contribution is 2.26. The number of carbonyl (C=O) groups excluding carboxylic acids is 3. The van der Waals surface area contributed by atoms with E-state index in [2.05, 4.69) is 10.6 Å². The maximum absolute atomic E-state index is 13.4. The van der Waals surface area contributed by atoms with Crippen molar-refractivity contribution in [3.8, 4) is 5.75 Å². The lowest BCUT2D eigenvalue weighted by Crippen LogP contribution is -2.30. The van der Waals surface area contributed by atoms with Crippen molar-refractivity contribution in [3.63, 3.8) is 0 Å². The van der Waals surface area contributed by atoms with Crippen molar-refractivity contribution in [2.24, 2.45) is 0 Å². The summed E-state index contributed by atoms with van der Waals surface area (Å²) in [5, 5.41) is 6.32. The van der Waals surface area contributed by atoms with Gasteiger partial charge >= 0.3 is 0 Å². The highest BCUT2D eigenvalue weighted by molar-refractivity contribution is 8.00. The van der Waals surface area contributed by atoms with E-state index in [1.54, 1.807) is 60.7 Å². The third-order valence-electron chi connectivity index (χ3n) is 6.69. The molecule has 0 aliphatic rings. The van der Waals surface area contributed by atoms with Crippen LogP contribution in [0, 0.1) is 0 Å². The summed E-state index contributed by atoms with van der Waals surface area (Å²) in [5.41, 5.74) is 3.24. The summed E-state index contributed by atoms with van der Waals surface area (Å²) in [6.45, 7) is 0.432. The molecule has 0 heterocycles. The molecule has 0 aliphatic carbocycles. The molecule has 0 fully saturated rings. The third kappa shape index (κ3) is 9.34. The number of halogens is 2. The van der Waals surface area contributed by atoms with Crippen molar-refractivity contribution >= 4 is 64.3 Å². The monoisotopic (exact) mass is 666 g/mol. The predicted octanol–water partition coefficient (Wildman–Crippen LogP) is 8.96. The Labute approximate surface area is 281 Å². The molecule has 0 aromatic heterocycles. The molecule has 0 aliphatic heterocycles. The quantitative estimate of drug-likeness (QED) is 0.0789. The number of Topliss-reactive ketones (excluding diaryl/α,β-unsaturated/α-hetero) is 1. The van der Waals surface area contributed by atoms with Crippen LogP contribution in [0.25, 0.3) is 6.08 Å². The lowest BCUT2D eigenvalue weighted by molar-refractivity contribution is -0.113. The minimum atomic E-state index is -0.496. The molecule has 0 atom stereocenters. The molecular formula is C37H28Cl2N2O4S. The molecule has 5 aromatic carbocycles. The average Bonchev–Trinajstić information content (AvgIpc) is 3.09. The first-order chi connectivity index (χ1) is 22.3. The van der Waals surface area contributed by atoms with Crippen LogP contribution in [0.1, 0.15) is 31.8 Å². The van der Waals surface area contributed by atoms with E-state index in [4.69, 9.17) is 27.9 Å². The van der Waals surface area contributed by atoms with Gasteiger partial charge < -0.3 is 15.4 Å². The Morgan fingerprint density at radius 2 is 1.39 bits per heavy atom. The molecular weight excluding hydrogens is 639 g/mol. The minimum Gasteiger partial charge on any atom is -0.489 e. The Morgan fingerprint density at radius 1 is 0.717 bits per heavy atom. The van der Waals surface area contributed by atoms with E-state index in [0.29, 0.717) is 44.8 Å². The molecule has 5 rings (SSSR count). The van der Waals surface area contributed by atoms with Gasteiger partial charge in [0.05, 0.1) is 15.8 Å². The van der Waals surface area contributed by atoms with Crippen LogP contribution >= 0.6 is 35.0 Å². The summed E-state index contributed by atoms with van der Waals surface area (Å²) < 4.78 is 5.87. The summed E-state index contributed by atoms with van der Waals surface area (Å²) in [4.78, 5) is 39.9. The van der Waals surface area contributed by atoms with Crippen molar-refractivity contribution in [3.05, 3.63) is 165 Å². The van der Waals surface area contributed by atoms with Gasteiger partial charge in [0.25, 0.3) is 11.8 Å². The number of hydrogen-bond acceptors (Lipinski definition) is 5. The van der Waals surface area contributed by atoms with E-state index in [1.165, 1.54) is 11.8 Å². The Bertz CT molecular complexity index is 1850. The second-order valence-electron chi connectivity index (χ2n) is 10.0. The van der Waals surface area contributed by atoms with Crippen LogP contribution in [0.5, 0.6) is 5.75 Å². The molecule has 2 amide bonds. The molecule has 5 aromatic rings. The number of ketones is 1. The maximum Gasteiger partial charge on any atom is 0.272 e. The van der Waals surface area contributed by atoms with Gasteiger partial charge in [-0.2, -0.15) is 0 Å². The SMILES string of the molecule is O=C(Nc1ccc(SCC(=O)c2ccc(Cl)c(Cl)c2)cc1)/C(=C/c1ccc(OCc2ccccc2)cc1)NC(=O)c1ccccc1. The highest BCUT2D eigenvalue weighted by atomic mass is 35.5. The summed E-state index contributed by atoms with van der Waals surface area (Å²) in [5.74, 6) is -0.109. The van der Waals surface area contributed by atoms with Crippen LogP contribution in [-0.2, 0) is 11.4 Å². The first kappa shape index (κ1) is 32.6. The number of ether oxygens (including phenoxy) is 1. The third-order valence-corrected chi connectivity index (χ3v) is 8.44. The zero-order valence-corrected chi connectivity index (χ0v) is 26.7. The highest BCUT2D eigenvalue weighted by Gasteiger charge is 2.16. The first-order valence-corrected chi connectivity index (χ1v) is 16.0. The molecule has 0 unspecified atom stereocenters. The molecule has 0 radical (unpaired) electrons. The van der Waals surface area contributed by atoms with Gasteiger partial charge in [-0.15, -0.1) is 11.8 Å². The number of amides is 2. The van der Waals surface area contributed by atoms with Crippen molar-refractivity contribution in [2.45, 2.75) is 11.5 Å². The first-order valence-electron chi connectivity index (χ1n) is 14.2. The van der Waals surface area contributed by atoms with Gasteiger partial charge in [0.15, 0.2) is 5.78 Å². The summed E-state index contributed by atoms with van der Waals surface area (Å²) in [6.07, 6.45) is 1.61. The number of nitrogens with one attached hydrogen (secondary N) is 2. The van der Waals surface area contributed by atoms with Crippen LogP contribution < -0.4 is 15.4 Å². The molecule has 6 nitrogen and oxygen atoms in total. The van der Waals surface area contributed by atoms with Crippen LogP contribution in [0.15, 0.2) is 138 Å². The Morgan fingerprint density at radius 3 is 2.07 bits per heavy atom. The molecule has 0 spiro atoms. The second kappa shape index (κ2) is 16.0. The second-order valence-corrected chi connectivity index (χ2v) is 11.9. The largest absolute Gasteiger partial charge is 0.489 e. The minimum absolute atomic E-state index is 0.0671. The fourth-order valence-corrected chi connectivity index (χ4v) is 5.34. The summed E-state index contributed by atoms with van der Waals surface area (Å²) >= 11 is 13.4. The lowest BCUT2D eigenvalue weighted by atomic mass is 10.1. The van der Waals surface area contributed by atoms with E-state index in [9.17, 15) is 14.4 Å². The zero-order chi connectivity index (χ0) is 32.3. The van der Waals surface area contributed by atoms with E-state index < -0.39 is 11.8 Å². The molecule has 2 N–H and O–H groups in total. The van der Waals surface area contributed by atoms with Gasteiger partial charge in [-0.1, -0.05) is 83.9 Å². The fraction of sp³-hybridized carbons (Fsp3) is 0.0541. The average molecular weight is 668 g/mol. The van der Waals surface area contributed by atoms with Gasteiger partial charge in [-0.3, -0.25) is 14.4 Å². The molecule has 230 valence electrons. The zero-order valence-electron chi connectivity index (χ0n) is 24.4. The van der Waals surface area contributed by atoms with Crippen LogP contribution in [0.2, 0.25) is 10.0 Å². The topological polar surface area (TPSA) is 84.5 Å². The standard InChI is InChI=1S/C37H28Cl2N2O4S/c38-32-20-13-28(22-33(32)39)35(42)24-46-31-18-14-29(15-19-31)40-37(44)34(41-36(43)27-9-5-2-6-10-27)21-25-11-16-30(17-12-25)45-23-26-7-3-1-4-8-26/h1-22H,23-24H2,(H,40,44)(H,41,43)/b34-21-. The maximum atomic E-state index is 13.4. The number of thioether (sulfide) groups is 1. The number of benzene rings is 5. The van der Waals surface area contributed by atoms with Crippen molar-refractivity contribution in [2.75, 3.05) is 11.1 Å². The number of rotatable bonds is 12. The normalized spacial score (nSPS) is 11.0. The molecule has 46 heavy (non-hydrogen) atoms. The predicted molar refractivity (Wildman–Crippen MR) is 186 cm³/mol. The van der Waals surface area contributed by atoms with Crippen molar-refractivity contribution in [1.29, 1.82) is 0 Å². The van der Waals surface area contributed by atoms with Crippen molar-refractivity contribution in [1.82, 2.24) is 5.32 Å². The number of hydrogen-bond donors (Lipinski definition) is 2. The fourth-order valence-electron chi connectivity index (χ4n) is 4.24. The van der Waals surface area contributed by atoms with Gasteiger partial charge in [0.1, 0.15) is 18.1 Å². The van der Waals surface area contributed by atoms with Crippen LogP contribution in [0.3, 0.4) is 0 Å². The van der Waals surface area contributed by atoms with E-state index >= 15 is 0 Å². The van der Waals surface area contributed by atoms with Gasteiger partial charge in [-0.05, 0) is 83.9 Å². The van der Waals surface area contributed by atoms with Gasteiger partial charge in [-0.25, -0.2) is 0 Å². The van der Waals surface area contributed by atoms with E-state index in [1.807, 2.05) is 72.8 Å². The van der Waals surface area contributed by atoms with E-state index in [-0.39, 0.29) is 17.2 Å². The molecule has 0 saturated heterocycles. The van der Waals surface area contributed by atoms with Gasteiger partial charge in [0, 0.05) is 21.7 Å². The molecule has 0 bridgehead atoms. The summed E-state index contributed by atoms with van der Waals surface area (Å²) in [7, 11) is 0. The van der Waals surface area contributed by atoms with Gasteiger partial charge in [0.2, 0.25) is 0 Å². The van der Waals surface area contributed by atoms with E-state index in [0.717, 1.165) is 10.5 Å². The molecule has 0 saturated carbocycles. The Hall–Kier alpha value is -4.82. The number of anilines is 1. The Kier molecular flexibility index (Phi) is 11.3. The smallest absolute Gasteiger partial charge is 0.272 e. The summed E-state index contributed by atoms with van der Waals surface area (Å²) in [6, 6.07) is 37.7. The van der Waals surface area contributed by atoms with Crippen LogP contribution in [-0.4, -0.2) is 23.4 Å².